The van der Waals surface area contributed by atoms with Gasteiger partial charge in [0.1, 0.15) is 0 Å². The number of carbonyl (C=O) groups is 3. The lowest BCUT2D eigenvalue weighted by Crippen LogP contribution is -2.35. The zero-order valence-corrected chi connectivity index (χ0v) is 19.0. The molecule has 0 N–H and O–H groups in total. The molecule has 0 aromatic heterocycles. The van der Waals surface area contributed by atoms with Crippen molar-refractivity contribution >= 4 is 72.8 Å². The summed E-state index contributed by atoms with van der Waals surface area (Å²) in [5, 5.41) is 0. The average Bonchev–Trinajstić information content (AvgIpc) is 3.05. The highest BCUT2D eigenvalue weighted by Crippen LogP contribution is 2.65. The van der Waals surface area contributed by atoms with Crippen LogP contribution in [0.4, 0.5) is 0 Å². The van der Waals surface area contributed by atoms with E-state index in [1.165, 1.54) is 0 Å². The van der Waals surface area contributed by atoms with Crippen molar-refractivity contribution in [3.05, 3.63) is 11.1 Å². The van der Waals surface area contributed by atoms with Crippen LogP contribution in [0.3, 0.4) is 0 Å². The largest absolute Gasteiger partial charge is 0.443 e. The molecule has 0 saturated heterocycles. The second kappa shape index (κ2) is 7.05. The van der Waals surface area contributed by atoms with E-state index in [0.29, 0.717) is 24.0 Å². The molecule has 3 aliphatic rings. The van der Waals surface area contributed by atoms with Crippen molar-refractivity contribution in [3.8, 4) is 0 Å². The number of carbonyl (C=O) groups excluding carboxylic acids is 3. The third-order valence-corrected chi connectivity index (χ3v) is 8.96. The molecule has 0 spiro atoms. The number of hydrogen-bond acceptors (Lipinski definition) is 4. The predicted octanol–water partition coefficient (Wildman–Crippen LogP) is 4.29. The monoisotopic (exact) mass is 529 g/mol. The van der Waals surface area contributed by atoms with E-state index in [0.717, 1.165) is 17.7 Å². The first-order valence-corrected chi connectivity index (χ1v) is 10.9. The number of nitrogens with zero attached hydrogens (tertiary/aromatic N) is 1. The first-order valence-electron chi connectivity index (χ1n) is 8.43. The van der Waals surface area contributed by atoms with Gasteiger partial charge in [-0.3, -0.25) is 14.4 Å². The molecule has 9 heteroatoms. The van der Waals surface area contributed by atoms with Gasteiger partial charge in [-0.2, -0.15) is 0 Å². The third-order valence-electron chi connectivity index (χ3n) is 5.60. The number of ether oxygens (including phenoxy) is 1. The van der Waals surface area contributed by atoms with Gasteiger partial charge in [-0.1, -0.05) is 53.0 Å². The number of hydrogen-bond donors (Lipinski definition) is 0. The Hall–Kier alpha value is -0.110. The van der Waals surface area contributed by atoms with Crippen LogP contribution in [0.1, 0.15) is 39.5 Å². The number of amides is 2. The van der Waals surface area contributed by atoms with Crippen molar-refractivity contribution in [3.63, 3.8) is 0 Å². The molecule has 0 aromatic rings. The molecule has 1 fully saturated rings. The Morgan fingerprint density at radius 1 is 1.27 bits per heavy atom. The zero-order chi connectivity index (χ0) is 19.4. The molecular formula is C17H19Br2Cl2NO4. The van der Waals surface area contributed by atoms with Crippen LogP contribution in [-0.4, -0.2) is 37.5 Å². The molecule has 2 aliphatic carbocycles. The van der Waals surface area contributed by atoms with Gasteiger partial charge in [0, 0.05) is 11.1 Å². The van der Waals surface area contributed by atoms with Crippen molar-refractivity contribution in [1.29, 1.82) is 0 Å². The number of esters is 1. The molecule has 26 heavy (non-hydrogen) atoms. The van der Waals surface area contributed by atoms with Crippen LogP contribution >= 0.6 is 55.1 Å². The number of rotatable bonds is 5. The summed E-state index contributed by atoms with van der Waals surface area (Å²) < 4.78 is 4.11. The minimum atomic E-state index is -1.21. The van der Waals surface area contributed by atoms with Crippen molar-refractivity contribution in [2.75, 3.05) is 6.73 Å². The molecular weight excluding hydrogens is 513 g/mol. The third kappa shape index (κ3) is 3.49. The molecule has 3 atom stereocenters. The molecule has 144 valence electrons. The van der Waals surface area contributed by atoms with Gasteiger partial charge in [-0.15, -0.1) is 0 Å². The van der Waals surface area contributed by atoms with Crippen LogP contribution in [0.5, 0.6) is 0 Å². The summed E-state index contributed by atoms with van der Waals surface area (Å²) in [4.78, 5) is 38.0. The Kier molecular flexibility index (Phi) is 5.59. The Morgan fingerprint density at radius 3 is 2.23 bits per heavy atom. The van der Waals surface area contributed by atoms with Crippen molar-refractivity contribution in [1.82, 2.24) is 4.90 Å². The van der Waals surface area contributed by atoms with E-state index in [1.807, 2.05) is 13.8 Å². The standard InChI is InChI=1S/C17H19Br2Cl2NO4/c1-16(2)10(12(18)17(19,20)21)11(16)15(25)26-7-22-13(23)8-5-3-4-6-9(8)14(22)24/h10-12H,3-7H2,1-2H3/t10-,11+,12?/m1/s1. The molecule has 5 nitrogen and oxygen atoms in total. The van der Waals surface area contributed by atoms with Gasteiger partial charge in [-0.25, -0.2) is 4.90 Å². The van der Waals surface area contributed by atoms with E-state index in [2.05, 4.69) is 31.9 Å². The fraction of sp³-hybridized carbons (Fsp3) is 0.706. The van der Waals surface area contributed by atoms with Crippen molar-refractivity contribution in [2.45, 2.75) is 47.6 Å². The lowest BCUT2D eigenvalue weighted by Gasteiger charge is -2.20. The second-order valence-electron chi connectivity index (χ2n) is 7.56. The van der Waals surface area contributed by atoms with Crippen LogP contribution in [0, 0.1) is 17.3 Å². The molecule has 1 aliphatic heterocycles. The Balaban J connectivity index is 1.62. The molecule has 0 bridgehead atoms. The first kappa shape index (κ1) is 20.6. The van der Waals surface area contributed by atoms with Gasteiger partial charge in [-0.05, 0) is 52.9 Å². The van der Waals surface area contributed by atoms with E-state index < -0.39 is 15.1 Å². The maximum absolute atomic E-state index is 12.5. The SMILES string of the molecule is CC1(C)[C@H](C(=O)OCN2C(=O)C3=C(CCCC3)C2=O)[C@@H]1C(Br)C(Cl)(Cl)Br. The van der Waals surface area contributed by atoms with Crippen LogP contribution in [0.2, 0.25) is 0 Å². The Labute approximate surface area is 179 Å². The smallest absolute Gasteiger partial charge is 0.311 e. The Bertz CT molecular complexity index is 673. The summed E-state index contributed by atoms with van der Waals surface area (Å²) in [6, 6.07) is 0. The summed E-state index contributed by atoms with van der Waals surface area (Å²) in [5.74, 6) is -1.68. The minimum absolute atomic E-state index is 0.138. The van der Waals surface area contributed by atoms with E-state index in [-0.39, 0.29) is 34.7 Å². The number of alkyl halides is 4. The highest BCUT2D eigenvalue weighted by atomic mass is 79.9. The van der Waals surface area contributed by atoms with E-state index >= 15 is 0 Å². The van der Waals surface area contributed by atoms with Crippen LogP contribution < -0.4 is 0 Å². The summed E-state index contributed by atoms with van der Waals surface area (Å²) in [5.41, 5.74) is 0.802. The van der Waals surface area contributed by atoms with Crippen LogP contribution in [-0.2, 0) is 19.1 Å². The number of imide groups is 1. The van der Waals surface area contributed by atoms with Gasteiger partial charge in [0.25, 0.3) is 11.8 Å². The van der Waals surface area contributed by atoms with E-state index in [9.17, 15) is 14.4 Å². The maximum atomic E-state index is 12.5. The molecule has 0 radical (unpaired) electrons. The quantitative estimate of drug-likeness (QED) is 0.302. The maximum Gasteiger partial charge on any atom is 0.311 e. The molecule has 3 rings (SSSR count). The summed E-state index contributed by atoms with van der Waals surface area (Å²) in [7, 11) is 0. The fourth-order valence-corrected chi connectivity index (χ4v) is 5.55. The van der Waals surface area contributed by atoms with Crippen molar-refractivity contribution in [2.24, 2.45) is 17.3 Å². The van der Waals surface area contributed by atoms with Gasteiger partial charge in [0.15, 0.2) is 9.97 Å². The number of halogens is 4. The van der Waals surface area contributed by atoms with E-state index in [4.69, 9.17) is 27.9 Å². The van der Waals surface area contributed by atoms with Gasteiger partial charge < -0.3 is 4.74 Å². The lowest BCUT2D eigenvalue weighted by molar-refractivity contribution is -0.156. The molecule has 1 saturated carbocycles. The predicted molar refractivity (Wildman–Crippen MR) is 105 cm³/mol. The van der Waals surface area contributed by atoms with Gasteiger partial charge in [0.05, 0.1) is 10.7 Å². The van der Waals surface area contributed by atoms with Crippen molar-refractivity contribution < 1.29 is 19.1 Å². The Morgan fingerprint density at radius 2 is 1.77 bits per heavy atom. The summed E-state index contributed by atoms with van der Waals surface area (Å²) in [6.45, 7) is 3.50. The molecule has 2 amide bonds. The van der Waals surface area contributed by atoms with E-state index in [1.54, 1.807) is 0 Å². The lowest BCUT2D eigenvalue weighted by atomic mass is 9.93. The fourth-order valence-electron chi connectivity index (χ4n) is 4.01. The average molecular weight is 532 g/mol. The molecule has 1 unspecified atom stereocenters. The summed E-state index contributed by atoms with van der Waals surface area (Å²) >= 11 is 18.8. The normalized spacial score (nSPS) is 28.9. The molecule has 0 aromatic carbocycles. The van der Waals surface area contributed by atoms with Crippen LogP contribution in [0.25, 0.3) is 0 Å². The first-order chi connectivity index (χ1) is 12.0. The minimum Gasteiger partial charge on any atom is -0.443 e. The van der Waals surface area contributed by atoms with Gasteiger partial charge >= 0.3 is 5.97 Å². The highest BCUT2D eigenvalue weighted by Gasteiger charge is 2.67. The van der Waals surface area contributed by atoms with Gasteiger partial charge in [0.2, 0.25) is 0 Å². The zero-order valence-electron chi connectivity index (χ0n) is 14.4. The summed E-state index contributed by atoms with van der Waals surface area (Å²) in [6.07, 6.45) is 3.04. The van der Waals surface area contributed by atoms with Crippen LogP contribution in [0.15, 0.2) is 11.1 Å². The highest BCUT2D eigenvalue weighted by molar-refractivity contribution is 9.13. The molecule has 1 heterocycles. The topological polar surface area (TPSA) is 63.7 Å². The second-order valence-corrected chi connectivity index (χ2v) is 12.1.